The number of hydrogen-bond acceptors (Lipinski definition) is 6. The van der Waals surface area contributed by atoms with Crippen molar-refractivity contribution < 1.29 is 14.7 Å². The number of amides is 1. The monoisotopic (exact) mass is 535 g/mol. The van der Waals surface area contributed by atoms with Gasteiger partial charge in [-0.2, -0.15) is 5.10 Å². The Morgan fingerprint density at radius 1 is 1.00 bits per heavy atom. The molecule has 34 heavy (non-hydrogen) atoms. The number of carboxylic acid groups (broad SMARTS) is 1. The van der Waals surface area contributed by atoms with E-state index in [2.05, 4.69) is 36.7 Å². The van der Waals surface area contributed by atoms with Crippen molar-refractivity contribution in [3.8, 4) is 17.1 Å². The zero-order valence-electron chi connectivity index (χ0n) is 17.6. The lowest BCUT2D eigenvalue weighted by atomic mass is 10.1. The van der Waals surface area contributed by atoms with Gasteiger partial charge in [0.1, 0.15) is 0 Å². The number of hydrazone groups is 1. The van der Waals surface area contributed by atoms with Crippen LogP contribution in [-0.2, 0) is 4.79 Å². The maximum Gasteiger partial charge on any atom is 0.335 e. The number of thioether (sulfide) groups is 1. The summed E-state index contributed by atoms with van der Waals surface area (Å²) in [6, 6.07) is 23.6. The Morgan fingerprint density at radius 3 is 2.38 bits per heavy atom. The maximum atomic E-state index is 12.3. The zero-order chi connectivity index (χ0) is 23.9. The van der Waals surface area contributed by atoms with Crippen LogP contribution in [0.25, 0.3) is 17.1 Å². The summed E-state index contributed by atoms with van der Waals surface area (Å²) in [5, 5.41) is 22.1. The van der Waals surface area contributed by atoms with Gasteiger partial charge >= 0.3 is 5.97 Å². The van der Waals surface area contributed by atoms with Gasteiger partial charge in [0.2, 0.25) is 0 Å². The highest BCUT2D eigenvalue weighted by atomic mass is 79.9. The molecule has 10 heteroatoms. The molecule has 2 N–H and O–H groups in total. The minimum atomic E-state index is -1.000. The Morgan fingerprint density at radius 2 is 1.71 bits per heavy atom. The van der Waals surface area contributed by atoms with Crippen molar-refractivity contribution in [1.82, 2.24) is 20.2 Å². The molecule has 0 radical (unpaired) electrons. The van der Waals surface area contributed by atoms with E-state index in [1.54, 1.807) is 12.1 Å². The minimum absolute atomic E-state index is 0.0839. The number of para-hydroxylation sites is 1. The summed E-state index contributed by atoms with van der Waals surface area (Å²) in [4.78, 5) is 23.2. The van der Waals surface area contributed by atoms with E-state index in [0.717, 1.165) is 15.7 Å². The predicted molar refractivity (Wildman–Crippen MR) is 134 cm³/mol. The Balaban J connectivity index is 1.45. The van der Waals surface area contributed by atoms with Crippen molar-refractivity contribution in [2.75, 3.05) is 5.75 Å². The van der Waals surface area contributed by atoms with Crippen LogP contribution in [0.2, 0.25) is 0 Å². The summed E-state index contributed by atoms with van der Waals surface area (Å²) in [5.74, 6) is -0.554. The van der Waals surface area contributed by atoms with Crippen molar-refractivity contribution in [1.29, 1.82) is 0 Å². The fraction of sp³-hybridized carbons (Fsp3) is 0.0417. The Hall–Kier alpha value is -3.76. The number of rotatable bonds is 8. The first kappa shape index (κ1) is 23.4. The molecule has 8 nitrogen and oxygen atoms in total. The molecule has 0 fully saturated rings. The molecule has 1 aromatic heterocycles. The van der Waals surface area contributed by atoms with Crippen molar-refractivity contribution >= 4 is 45.8 Å². The highest BCUT2D eigenvalue weighted by Crippen LogP contribution is 2.28. The van der Waals surface area contributed by atoms with Crippen LogP contribution in [0.3, 0.4) is 0 Å². The van der Waals surface area contributed by atoms with Gasteiger partial charge in [0.25, 0.3) is 5.91 Å². The van der Waals surface area contributed by atoms with E-state index in [1.165, 1.54) is 30.1 Å². The highest BCUT2D eigenvalue weighted by Gasteiger charge is 2.17. The van der Waals surface area contributed by atoms with Crippen molar-refractivity contribution in [2.45, 2.75) is 5.16 Å². The molecule has 1 amide bonds. The van der Waals surface area contributed by atoms with Crippen molar-refractivity contribution in [2.24, 2.45) is 5.10 Å². The summed E-state index contributed by atoms with van der Waals surface area (Å²) in [5.41, 5.74) is 5.11. The largest absolute Gasteiger partial charge is 0.478 e. The highest BCUT2D eigenvalue weighted by molar-refractivity contribution is 9.10. The number of benzene rings is 3. The molecule has 0 aliphatic heterocycles. The molecule has 0 aliphatic rings. The summed E-state index contributed by atoms with van der Waals surface area (Å²) in [6.45, 7) is 0. The second-order valence-electron chi connectivity index (χ2n) is 6.99. The van der Waals surface area contributed by atoms with Gasteiger partial charge in [-0.3, -0.25) is 9.36 Å². The van der Waals surface area contributed by atoms with E-state index in [-0.39, 0.29) is 17.2 Å². The van der Waals surface area contributed by atoms with Gasteiger partial charge in [-0.15, -0.1) is 10.2 Å². The van der Waals surface area contributed by atoms with Crippen molar-refractivity contribution in [3.63, 3.8) is 0 Å². The van der Waals surface area contributed by atoms with Gasteiger partial charge in [-0.25, -0.2) is 10.2 Å². The van der Waals surface area contributed by atoms with Crippen LogP contribution < -0.4 is 5.43 Å². The fourth-order valence-electron chi connectivity index (χ4n) is 3.01. The molecule has 1 heterocycles. The standard InChI is InChI=1S/C24H18BrN5O3S/c25-19-12-10-17(11-13-19)22-28-29-24(30(22)20-4-2-1-3-5-20)34-15-21(31)27-26-14-16-6-8-18(9-7-16)23(32)33/h1-14H,15H2,(H,27,31)(H,32,33)/b26-14+. The quantitative estimate of drug-likeness (QED) is 0.193. The van der Waals surface area contributed by atoms with Crippen LogP contribution in [0, 0.1) is 0 Å². The normalized spacial score (nSPS) is 11.0. The summed E-state index contributed by atoms with van der Waals surface area (Å²) < 4.78 is 2.88. The first-order valence-corrected chi connectivity index (χ1v) is 11.8. The topological polar surface area (TPSA) is 109 Å². The van der Waals surface area contributed by atoms with Crippen LogP contribution in [0.15, 0.2) is 93.6 Å². The summed E-state index contributed by atoms with van der Waals surface area (Å²) in [7, 11) is 0. The third-order valence-corrected chi connectivity index (χ3v) is 6.10. The second-order valence-corrected chi connectivity index (χ2v) is 8.85. The molecule has 0 saturated carbocycles. The average molecular weight is 536 g/mol. The van der Waals surface area contributed by atoms with Crippen LogP contribution >= 0.6 is 27.7 Å². The van der Waals surface area contributed by atoms with E-state index in [4.69, 9.17) is 5.11 Å². The van der Waals surface area contributed by atoms with Gasteiger partial charge in [-0.05, 0) is 42.0 Å². The third kappa shape index (κ3) is 5.77. The molecule has 4 rings (SSSR count). The Labute approximate surface area is 207 Å². The van der Waals surface area contributed by atoms with E-state index in [1.807, 2.05) is 59.2 Å². The van der Waals surface area contributed by atoms with E-state index < -0.39 is 5.97 Å². The first-order chi connectivity index (χ1) is 16.5. The van der Waals surface area contributed by atoms with Gasteiger partial charge in [0.05, 0.1) is 17.5 Å². The van der Waals surface area contributed by atoms with Gasteiger partial charge in [0.15, 0.2) is 11.0 Å². The molecule has 3 aromatic carbocycles. The maximum absolute atomic E-state index is 12.3. The molecule has 4 aromatic rings. The number of carboxylic acids is 1. The van der Waals surface area contributed by atoms with Crippen LogP contribution in [0.5, 0.6) is 0 Å². The lowest BCUT2D eigenvalue weighted by Crippen LogP contribution is -2.20. The number of aromatic carboxylic acids is 1. The smallest absolute Gasteiger partial charge is 0.335 e. The molecule has 0 aliphatic carbocycles. The lowest BCUT2D eigenvalue weighted by molar-refractivity contribution is -0.118. The number of carbonyl (C=O) groups excluding carboxylic acids is 1. The number of aromatic nitrogens is 3. The van der Waals surface area contributed by atoms with Crippen LogP contribution in [-0.4, -0.2) is 43.7 Å². The Bertz CT molecular complexity index is 1320. The SMILES string of the molecule is O=C(CSc1nnc(-c2ccc(Br)cc2)n1-c1ccccc1)N/N=C/c1ccc(C(=O)O)cc1. The average Bonchev–Trinajstić information content (AvgIpc) is 3.28. The van der Waals surface area contributed by atoms with Gasteiger partial charge in [0, 0.05) is 15.7 Å². The molecule has 0 unspecified atom stereocenters. The number of nitrogens with one attached hydrogen (secondary N) is 1. The number of hydrogen-bond donors (Lipinski definition) is 2. The first-order valence-electron chi connectivity index (χ1n) is 10.1. The number of carbonyl (C=O) groups is 2. The molecular formula is C24H18BrN5O3S. The number of halogens is 1. The molecule has 0 saturated heterocycles. The molecule has 0 bridgehead atoms. The third-order valence-electron chi connectivity index (χ3n) is 4.64. The molecule has 0 spiro atoms. The molecular weight excluding hydrogens is 518 g/mol. The van der Waals surface area contributed by atoms with Crippen LogP contribution in [0.1, 0.15) is 15.9 Å². The fourth-order valence-corrected chi connectivity index (χ4v) is 4.02. The van der Waals surface area contributed by atoms with Gasteiger partial charge < -0.3 is 5.11 Å². The molecule has 170 valence electrons. The zero-order valence-corrected chi connectivity index (χ0v) is 20.0. The summed E-state index contributed by atoms with van der Waals surface area (Å²) >= 11 is 4.69. The minimum Gasteiger partial charge on any atom is -0.478 e. The molecule has 0 atom stereocenters. The second kappa shape index (κ2) is 10.9. The lowest BCUT2D eigenvalue weighted by Gasteiger charge is -2.10. The van der Waals surface area contributed by atoms with Crippen LogP contribution in [0.4, 0.5) is 0 Å². The van der Waals surface area contributed by atoms with E-state index in [9.17, 15) is 9.59 Å². The Kier molecular flexibility index (Phi) is 7.51. The predicted octanol–water partition coefficient (Wildman–Crippen LogP) is 4.64. The van der Waals surface area contributed by atoms with Crippen molar-refractivity contribution in [3.05, 3.63) is 94.5 Å². The number of nitrogens with zero attached hydrogens (tertiary/aromatic N) is 4. The van der Waals surface area contributed by atoms with Gasteiger partial charge in [-0.1, -0.05) is 70.2 Å². The summed E-state index contributed by atoms with van der Waals surface area (Å²) in [6.07, 6.45) is 1.45. The van der Waals surface area contributed by atoms with E-state index in [0.29, 0.717) is 16.5 Å². The van der Waals surface area contributed by atoms with E-state index >= 15 is 0 Å².